The Morgan fingerprint density at radius 1 is 1.03 bits per heavy atom. The largest absolute Gasteiger partial charge is 0.371 e. The third-order valence-electron chi connectivity index (χ3n) is 7.92. The molecule has 1 saturated heterocycles. The fourth-order valence-electron chi connectivity index (χ4n) is 6.01. The van der Waals surface area contributed by atoms with Crippen LogP contribution in [0.2, 0.25) is 0 Å². The molecule has 0 unspecified atom stereocenters. The molecule has 0 radical (unpaired) electrons. The lowest BCUT2D eigenvalue weighted by Crippen LogP contribution is -2.48. The number of halogens is 1. The lowest BCUT2D eigenvalue weighted by molar-refractivity contribution is -0.127. The number of nitrogens with one attached hydrogen (secondary N) is 1. The summed E-state index contributed by atoms with van der Waals surface area (Å²) in [5.41, 5.74) is 2.58. The van der Waals surface area contributed by atoms with Gasteiger partial charge >= 0.3 is 0 Å². The first-order valence-corrected chi connectivity index (χ1v) is 14.0. The van der Waals surface area contributed by atoms with Crippen LogP contribution in [0.15, 0.2) is 48.5 Å². The number of nitrogens with zero attached hydrogens (tertiary/aromatic N) is 2. The maximum atomic E-state index is 13.5. The summed E-state index contributed by atoms with van der Waals surface area (Å²) in [5, 5.41) is 3.26. The van der Waals surface area contributed by atoms with Crippen LogP contribution in [-0.4, -0.2) is 46.3 Å². The smallest absolute Gasteiger partial charge is 0.232 e. The summed E-state index contributed by atoms with van der Waals surface area (Å²) in [4.78, 5) is 15.2. The number of amides is 1. The molecule has 1 spiro atoms. The second-order valence-corrected chi connectivity index (χ2v) is 12.0. The van der Waals surface area contributed by atoms with Gasteiger partial charge < -0.3 is 10.2 Å². The first-order chi connectivity index (χ1) is 16.2. The number of carbonyl (C=O) groups excluding carboxylic acids is 1. The second-order valence-electron chi connectivity index (χ2n) is 10.1. The fraction of sp³-hybridized carbons (Fsp3) is 0.500. The number of piperidine rings is 1. The quantitative estimate of drug-likeness (QED) is 0.715. The van der Waals surface area contributed by atoms with Crippen LogP contribution in [0, 0.1) is 11.7 Å². The van der Waals surface area contributed by atoms with E-state index in [2.05, 4.69) is 10.2 Å². The zero-order valence-corrected chi connectivity index (χ0v) is 20.4. The highest BCUT2D eigenvalue weighted by atomic mass is 32.2. The van der Waals surface area contributed by atoms with E-state index in [-0.39, 0.29) is 29.1 Å². The van der Waals surface area contributed by atoms with E-state index < -0.39 is 10.0 Å². The molecule has 8 heteroatoms. The highest BCUT2D eigenvalue weighted by Gasteiger charge is 2.48. The van der Waals surface area contributed by atoms with Crippen LogP contribution in [0.1, 0.15) is 44.1 Å². The van der Waals surface area contributed by atoms with E-state index in [1.54, 1.807) is 12.1 Å². The van der Waals surface area contributed by atoms with E-state index in [9.17, 15) is 17.6 Å². The number of fused-ring (bicyclic) bond motifs is 2. The number of hydrogen-bond donors (Lipinski definition) is 1. The third-order valence-corrected chi connectivity index (χ3v) is 9.05. The molecule has 0 atom stereocenters. The Morgan fingerprint density at radius 2 is 1.74 bits per heavy atom. The maximum absolute atomic E-state index is 13.5. The molecule has 3 aliphatic rings. The van der Waals surface area contributed by atoms with E-state index in [1.165, 1.54) is 16.6 Å². The SMILES string of the molecule is CS(=O)(=O)N1C[C@]2(CC[C@@H](C(=O)NC3CCN(c4cccc(F)c4)CC3)CC2)c2ccccc21. The average molecular weight is 486 g/mol. The van der Waals surface area contributed by atoms with Gasteiger partial charge in [0, 0.05) is 42.7 Å². The normalized spacial score (nSPS) is 25.4. The molecule has 2 aliphatic heterocycles. The van der Waals surface area contributed by atoms with E-state index in [0.29, 0.717) is 6.54 Å². The second kappa shape index (κ2) is 8.87. The predicted octanol–water partition coefficient (Wildman–Crippen LogP) is 3.82. The van der Waals surface area contributed by atoms with Gasteiger partial charge in [-0.3, -0.25) is 9.10 Å². The molecule has 1 N–H and O–H groups in total. The van der Waals surface area contributed by atoms with E-state index in [4.69, 9.17) is 0 Å². The Bertz CT molecular complexity index is 1170. The van der Waals surface area contributed by atoms with Gasteiger partial charge in [0.25, 0.3) is 0 Å². The van der Waals surface area contributed by atoms with Crippen molar-refractivity contribution in [2.45, 2.75) is 50.0 Å². The van der Waals surface area contributed by atoms with Crippen LogP contribution in [-0.2, 0) is 20.2 Å². The number of hydrogen-bond acceptors (Lipinski definition) is 4. The molecule has 2 aromatic carbocycles. The molecule has 0 aromatic heterocycles. The number of anilines is 2. The molecular weight excluding hydrogens is 453 g/mol. The zero-order valence-electron chi connectivity index (χ0n) is 19.5. The van der Waals surface area contributed by atoms with Gasteiger partial charge in [-0.2, -0.15) is 0 Å². The van der Waals surface area contributed by atoms with Gasteiger partial charge in [0.1, 0.15) is 5.82 Å². The minimum absolute atomic E-state index is 0.0358. The average Bonchev–Trinajstić information content (AvgIpc) is 3.15. The molecule has 1 amide bonds. The topological polar surface area (TPSA) is 69.7 Å². The van der Waals surface area contributed by atoms with Crippen molar-refractivity contribution >= 4 is 27.3 Å². The van der Waals surface area contributed by atoms with Gasteiger partial charge in [0.2, 0.25) is 15.9 Å². The lowest BCUT2D eigenvalue weighted by Gasteiger charge is -2.38. The van der Waals surface area contributed by atoms with Crippen molar-refractivity contribution in [2.24, 2.45) is 5.92 Å². The van der Waals surface area contributed by atoms with Gasteiger partial charge in [-0.25, -0.2) is 12.8 Å². The molecule has 182 valence electrons. The van der Waals surface area contributed by atoms with Crippen LogP contribution >= 0.6 is 0 Å². The third kappa shape index (κ3) is 4.40. The van der Waals surface area contributed by atoms with Crippen molar-refractivity contribution in [1.29, 1.82) is 0 Å². The van der Waals surface area contributed by atoms with Gasteiger partial charge in [0.15, 0.2) is 0 Å². The van der Waals surface area contributed by atoms with Crippen molar-refractivity contribution in [3.8, 4) is 0 Å². The van der Waals surface area contributed by atoms with E-state index >= 15 is 0 Å². The van der Waals surface area contributed by atoms with Crippen LogP contribution < -0.4 is 14.5 Å². The fourth-order valence-corrected chi connectivity index (χ4v) is 7.01. The first kappa shape index (κ1) is 23.1. The van der Waals surface area contributed by atoms with Crippen molar-refractivity contribution < 1.29 is 17.6 Å². The minimum atomic E-state index is -3.34. The number of rotatable bonds is 4. The molecule has 1 saturated carbocycles. The predicted molar refractivity (Wildman–Crippen MR) is 132 cm³/mol. The summed E-state index contributed by atoms with van der Waals surface area (Å²) < 4.78 is 39.8. The Morgan fingerprint density at radius 3 is 2.41 bits per heavy atom. The Hall–Kier alpha value is -2.61. The van der Waals surface area contributed by atoms with E-state index in [0.717, 1.165) is 68.6 Å². The van der Waals surface area contributed by atoms with Crippen LogP contribution in [0.5, 0.6) is 0 Å². The molecule has 2 aromatic rings. The number of benzene rings is 2. The van der Waals surface area contributed by atoms with Crippen LogP contribution in [0.3, 0.4) is 0 Å². The molecule has 5 rings (SSSR count). The molecular formula is C26H32FN3O3S. The molecule has 6 nitrogen and oxygen atoms in total. The molecule has 2 heterocycles. The van der Waals surface area contributed by atoms with Crippen LogP contribution in [0.25, 0.3) is 0 Å². The van der Waals surface area contributed by atoms with Crippen molar-refractivity contribution in [2.75, 3.05) is 35.1 Å². The van der Waals surface area contributed by atoms with Gasteiger partial charge in [-0.1, -0.05) is 24.3 Å². The zero-order chi connectivity index (χ0) is 23.9. The summed E-state index contributed by atoms with van der Waals surface area (Å²) in [5.74, 6) is -0.149. The van der Waals surface area contributed by atoms with Crippen LogP contribution in [0.4, 0.5) is 15.8 Å². The Balaban J connectivity index is 1.17. The van der Waals surface area contributed by atoms with E-state index in [1.807, 2.05) is 30.3 Å². The standard InChI is InChI=1S/C26H32FN3O3S/c1-34(32,33)30-18-26(23-7-2-3-8-24(23)30)13-9-19(10-14-26)25(31)28-21-11-15-29(16-12-21)22-6-4-5-20(27)17-22/h2-8,17,19,21H,9-16,18H2,1H3,(H,28,31)/t19-,26-. The minimum Gasteiger partial charge on any atom is -0.371 e. The summed E-state index contributed by atoms with van der Waals surface area (Å²) in [6.07, 6.45) is 6.10. The summed E-state index contributed by atoms with van der Waals surface area (Å²) in [6.45, 7) is 2.05. The highest BCUT2D eigenvalue weighted by molar-refractivity contribution is 7.92. The lowest BCUT2D eigenvalue weighted by atomic mass is 9.67. The summed E-state index contributed by atoms with van der Waals surface area (Å²) in [7, 11) is -3.34. The summed E-state index contributed by atoms with van der Waals surface area (Å²) in [6, 6.07) is 14.6. The molecule has 0 bridgehead atoms. The Kier molecular flexibility index (Phi) is 6.04. The monoisotopic (exact) mass is 485 g/mol. The summed E-state index contributed by atoms with van der Waals surface area (Å²) >= 11 is 0. The maximum Gasteiger partial charge on any atom is 0.232 e. The number of carbonyl (C=O) groups is 1. The van der Waals surface area contributed by atoms with Crippen molar-refractivity contribution in [3.05, 3.63) is 59.9 Å². The van der Waals surface area contributed by atoms with Crippen molar-refractivity contribution in [1.82, 2.24) is 5.32 Å². The molecule has 2 fully saturated rings. The highest BCUT2D eigenvalue weighted by Crippen LogP contribution is 2.50. The van der Waals surface area contributed by atoms with Gasteiger partial charge in [-0.15, -0.1) is 0 Å². The molecule has 1 aliphatic carbocycles. The Labute approximate surface area is 201 Å². The number of sulfonamides is 1. The first-order valence-electron chi connectivity index (χ1n) is 12.1. The van der Waals surface area contributed by atoms with Gasteiger partial charge in [-0.05, 0) is 68.4 Å². The number of para-hydroxylation sites is 1. The molecule has 34 heavy (non-hydrogen) atoms. The van der Waals surface area contributed by atoms with Crippen molar-refractivity contribution in [3.63, 3.8) is 0 Å². The van der Waals surface area contributed by atoms with Gasteiger partial charge in [0.05, 0.1) is 11.9 Å².